The lowest BCUT2D eigenvalue weighted by atomic mass is 9.71. The number of hydrogen-bond donors (Lipinski definition) is 3. The van der Waals surface area contributed by atoms with Crippen LogP contribution in [0.3, 0.4) is 0 Å². The predicted octanol–water partition coefficient (Wildman–Crippen LogP) is 4.31. The molecule has 0 bridgehead atoms. The van der Waals surface area contributed by atoms with E-state index in [4.69, 9.17) is 4.74 Å². The van der Waals surface area contributed by atoms with Gasteiger partial charge in [0.05, 0.1) is 5.92 Å². The van der Waals surface area contributed by atoms with Crippen molar-refractivity contribution in [2.45, 2.75) is 57.0 Å². The van der Waals surface area contributed by atoms with Gasteiger partial charge < -0.3 is 20.5 Å². The van der Waals surface area contributed by atoms with Crippen LogP contribution in [0.1, 0.15) is 56.1 Å². The number of carboxylic acids is 1. The first-order valence-corrected chi connectivity index (χ1v) is 12.6. The van der Waals surface area contributed by atoms with Gasteiger partial charge in [-0.3, -0.25) is 9.59 Å². The Morgan fingerprint density at radius 1 is 1.00 bits per heavy atom. The van der Waals surface area contributed by atoms with Crippen molar-refractivity contribution in [2.24, 2.45) is 17.8 Å². The Hall–Kier alpha value is -3.35. The third-order valence-corrected chi connectivity index (χ3v) is 8.11. The van der Waals surface area contributed by atoms with Gasteiger partial charge in [-0.1, -0.05) is 55.5 Å². The number of amides is 2. The molecular formula is C28H32N2O5. The second-order valence-corrected chi connectivity index (χ2v) is 10.1. The summed E-state index contributed by atoms with van der Waals surface area (Å²) in [7, 11) is 0. The third-order valence-electron chi connectivity index (χ3n) is 8.11. The first kappa shape index (κ1) is 23.4. The van der Waals surface area contributed by atoms with E-state index in [9.17, 15) is 19.5 Å². The van der Waals surface area contributed by atoms with Gasteiger partial charge in [0.15, 0.2) is 0 Å². The molecule has 2 fully saturated rings. The molecule has 5 rings (SSSR count). The fraction of sp³-hybridized carbons (Fsp3) is 0.464. The summed E-state index contributed by atoms with van der Waals surface area (Å²) in [5.74, 6) is -0.479. The fourth-order valence-corrected chi connectivity index (χ4v) is 6.19. The van der Waals surface area contributed by atoms with Crippen LogP contribution in [0, 0.1) is 17.8 Å². The number of alkyl carbamates (subject to hydrolysis) is 1. The first-order valence-electron chi connectivity index (χ1n) is 12.6. The molecule has 3 N–H and O–H groups in total. The summed E-state index contributed by atoms with van der Waals surface area (Å²) >= 11 is 0. The van der Waals surface area contributed by atoms with Crippen LogP contribution < -0.4 is 10.6 Å². The number of carbonyl (C=O) groups is 3. The average molecular weight is 477 g/mol. The van der Waals surface area contributed by atoms with Crippen LogP contribution in [0.5, 0.6) is 0 Å². The quantitative estimate of drug-likeness (QED) is 0.527. The Bertz CT molecular complexity index is 1090. The molecule has 3 aliphatic carbocycles. The van der Waals surface area contributed by atoms with E-state index in [0.717, 1.165) is 17.5 Å². The molecule has 7 heteroatoms. The second kappa shape index (κ2) is 9.72. The number of carbonyl (C=O) groups excluding carboxylic acids is 2. The number of nitrogens with one attached hydrogen (secondary N) is 2. The lowest BCUT2D eigenvalue weighted by Gasteiger charge is -2.41. The molecule has 0 radical (unpaired) electrons. The van der Waals surface area contributed by atoms with Crippen molar-refractivity contribution in [3.8, 4) is 11.1 Å². The minimum atomic E-state index is -0.734. The number of hydrogen-bond acceptors (Lipinski definition) is 4. The van der Waals surface area contributed by atoms with E-state index in [0.29, 0.717) is 25.2 Å². The zero-order valence-corrected chi connectivity index (χ0v) is 19.9. The van der Waals surface area contributed by atoms with Gasteiger partial charge >= 0.3 is 12.1 Å². The smallest absolute Gasteiger partial charge is 0.407 e. The largest absolute Gasteiger partial charge is 0.481 e. The maximum absolute atomic E-state index is 12.6. The van der Waals surface area contributed by atoms with Crippen LogP contribution in [0.15, 0.2) is 48.5 Å². The van der Waals surface area contributed by atoms with Crippen LogP contribution in [-0.4, -0.2) is 41.8 Å². The molecular weight excluding hydrogens is 444 g/mol. The second-order valence-electron chi connectivity index (χ2n) is 10.1. The van der Waals surface area contributed by atoms with Gasteiger partial charge in [-0.2, -0.15) is 0 Å². The topological polar surface area (TPSA) is 105 Å². The van der Waals surface area contributed by atoms with Crippen LogP contribution in [0.4, 0.5) is 4.79 Å². The van der Waals surface area contributed by atoms with Crippen molar-refractivity contribution in [3.05, 3.63) is 59.7 Å². The highest BCUT2D eigenvalue weighted by molar-refractivity contribution is 5.80. The van der Waals surface area contributed by atoms with Gasteiger partial charge in [-0.05, 0) is 59.8 Å². The molecule has 0 spiro atoms. The lowest BCUT2D eigenvalue weighted by Crippen LogP contribution is -2.51. The van der Waals surface area contributed by atoms with Gasteiger partial charge in [0.2, 0.25) is 5.91 Å². The van der Waals surface area contributed by atoms with Gasteiger partial charge in [0.1, 0.15) is 6.61 Å². The molecule has 0 heterocycles. The molecule has 5 atom stereocenters. The molecule has 4 unspecified atom stereocenters. The van der Waals surface area contributed by atoms with Crippen molar-refractivity contribution in [3.63, 3.8) is 0 Å². The van der Waals surface area contributed by atoms with E-state index in [-0.39, 0.29) is 48.8 Å². The van der Waals surface area contributed by atoms with Crippen LogP contribution in [0.25, 0.3) is 11.1 Å². The Kier molecular flexibility index (Phi) is 6.50. The maximum atomic E-state index is 12.6. The van der Waals surface area contributed by atoms with E-state index in [2.05, 4.69) is 34.9 Å². The molecule has 2 saturated carbocycles. The van der Waals surface area contributed by atoms with Crippen LogP contribution >= 0.6 is 0 Å². The number of ether oxygens (including phenoxy) is 1. The van der Waals surface area contributed by atoms with Crippen molar-refractivity contribution in [2.75, 3.05) is 6.61 Å². The van der Waals surface area contributed by atoms with Crippen molar-refractivity contribution < 1.29 is 24.2 Å². The fourth-order valence-electron chi connectivity index (χ4n) is 6.19. The predicted molar refractivity (Wildman–Crippen MR) is 131 cm³/mol. The van der Waals surface area contributed by atoms with Gasteiger partial charge in [0.25, 0.3) is 0 Å². The van der Waals surface area contributed by atoms with E-state index >= 15 is 0 Å². The summed E-state index contributed by atoms with van der Waals surface area (Å²) in [6.07, 6.45) is 2.46. The average Bonchev–Trinajstić information content (AvgIpc) is 3.36. The Balaban J connectivity index is 1.11. The Labute approximate surface area is 205 Å². The van der Waals surface area contributed by atoms with E-state index in [1.54, 1.807) is 0 Å². The molecule has 0 aromatic heterocycles. The third kappa shape index (κ3) is 4.64. The standard InChI is InChI=1S/C28H32N2O5/c1-2-18(14-26(31)30-25-13-16-11-17(27(32)33)12-23(16)25)29-28(34)35-15-24-21-9-5-3-7-19(21)20-8-4-6-10-22(20)24/h3-10,16-18,23-25H,2,11-15H2,1H3,(H,29,34)(H,30,31)(H,32,33)/t16?,17?,18-,23?,25?/m1/s1. The summed E-state index contributed by atoms with van der Waals surface area (Å²) in [6, 6.07) is 16.1. The molecule has 0 aliphatic heterocycles. The summed E-state index contributed by atoms with van der Waals surface area (Å²) in [4.78, 5) is 36.5. The maximum Gasteiger partial charge on any atom is 0.407 e. The van der Waals surface area contributed by atoms with Gasteiger partial charge in [-0.25, -0.2) is 4.79 Å². The number of rotatable bonds is 8. The van der Waals surface area contributed by atoms with Crippen molar-refractivity contribution in [1.29, 1.82) is 0 Å². The minimum absolute atomic E-state index is 0.0101. The van der Waals surface area contributed by atoms with E-state index < -0.39 is 12.1 Å². The highest BCUT2D eigenvalue weighted by atomic mass is 16.5. The highest BCUT2D eigenvalue weighted by Gasteiger charge is 2.49. The highest BCUT2D eigenvalue weighted by Crippen LogP contribution is 2.49. The summed E-state index contributed by atoms with van der Waals surface area (Å²) in [5.41, 5.74) is 4.67. The number of fused-ring (bicyclic) bond motifs is 4. The van der Waals surface area contributed by atoms with Crippen LogP contribution in [-0.2, 0) is 14.3 Å². The molecule has 0 saturated heterocycles. The SMILES string of the molecule is CC[C@H](CC(=O)NC1CC2CC(C(=O)O)CC21)NC(=O)OCC1c2ccccc2-c2ccccc21. The van der Waals surface area contributed by atoms with Gasteiger partial charge in [-0.15, -0.1) is 0 Å². The van der Waals surface area contributed by atoms with Crippen molar-refractivity contribution in [1.82, 2.24) is 10.6 Å². The normalized spacial score (nSPS) is 24.9. The number of carboxylic acid groups (broad SMARTS) is 1. The van der Waals surface area contributed by atoms with E-state index in [1.807, 2.05) is 31.2 Å². The lowest BCUT2D eigenvalue weighted by molar-refractivity contribution is -0.141. The summed E-state index contributed by atoms with van der Waals surface area (Å²) in [5, 5.41) is 15.2. The number of benzene rings is 2. The summed E-state index contributed by atoms with van der Waals surface area (Å²) in [6.45, 7) is 2.16. The minimum Gasteiger partial charge on any atom is -0.481 e. The van der Waals surface area contributed by atoms with Gasteiger partial charge in [0, 0.05) is 24.4 Å². The molecule has 3 aliphatic rings. The number of aliphatic carboxylic acids is 1. The molecule has 7 nitrogen and oxygen atoms in total. The zero-order valence-electron chi connectivity index (χ0n) is 19.9. The Morgan fingerprint density at radius 2 is 1.66 bits per heavy atom. The monoisotopic (exact) mass is 476 g/mol. The molecule has 2 aromatic rings. The first-order chi connectivity index (χ1) is 16.9. The zero-order chi connectivity index (χ0) is 24.5. The van der Waals surface area contributed by atoms with E-state index in [1.165, 1.54) is 11.1 Å². The summed E-state index contributed by atoms with van der Waals surface area (Å²) < 4.78 is 5.62. The van der Waals surface area contributed by atoms with Crippen molar-refractivity contribution >= 4 is 18.0 Å². The molecule has 35 heavy (non-hydrogen) atoms. The van der Waals surface area contributed by atoms with Crippen LogP contribution in [0.2, 0.25) is 0 Å². The Morgan fingerprint density at radius 3 is 2.29 bits per heavy atom. The molecule has 184 valence electrons. The molecule has 2 aromatic carbocycles. The molecule has 2 amide bonds.